The Morgan fingerprint density at radius 2 is 1.92 bits per heavy atom. The highest BCUT2D eigenvalue weighted by atomic mass is 35.5. The van der Waals surface area contributed by atoms with Crippen molar-refractivity contribution in [1.29, 1.82) is 0 Å². The molecule has 0 fully saturated rings. The molecule has 0 unspecified atom stereocenters. The third-order valence-electron chi connectivity index (χ3n) is 3.96. The molecule has 0 aliphatic carbocycles. The van der Waals surface area contributed by atoms with E-state index >= 15 is 0 Å². The molecule has 4 nitrogen and oxygen atoms in total. The van der Waals surface area contributed by atoms with E-state index in [2.05, 4.69) is 10.3 Å². The predicted molar refractivity (Wildman–Crippen MR) is 101 cm³/mol. The Labute approximate surface area is 163 Å². The van der Waals surface area contributed by atoms with Gasteiger partial charge in [0.1, 0.15) is 0 Å². The molecule has 0 aliphatic rings. The normalized spacial score (nSPS) is 10.3. The molecular weight excluding hydrogens is 371 g/mol. The number of fused-ring (bicyclic) bond motifs is 1. The Hall–Kier alpha value is -2.30. The Balaban J connectivity index is 0.00000243. The minimum atomic E-state index is -0.325. The molecule has 26 heavy (non-hydrogen) atoms. The minimum absolute atomic E-state index is 0. The number of ether oxygens (including phenoxy) is 1. The largest absolute Gasteiger partial charge is 1.00 e. The van der Waals surface area contributed by atoms with Crippen molar-refractivity contribution >= 4 is 39.8 Å². The van der Waals surface area contributed by atoms with Gasteiger partial charge in [-0.2, -0.15) is 0 Å². The second-order valence-corrected chi connectivity index (χ2v) is 6.34. The first-order valence-electron chi connectivity index (χ1n) is 8.15. The third kappa shape index (κ3) is 4.26. The third-order valence-corrected chi connectivity index (χ3v) is 4.37. The van der Waals surface area contributed by atoms with Gasteiger partial charge in [-0.15, -0.1) is 0 Å². The van der Waals surface area contributed by atoms with Crippen molar-refractivity contribution in [3.05, 3.63) is 64.3 Å². The molecule has 3 rings (SSSR count). The summed E-state index contributed by atoms with van der Waals surface area (Å²) in [6.45, 7) is 6.11. The van der Waals surface area contributed by atoms with E-state index in [9.17, 15) is 4.79 Å². The molecule has 2 aromatic carbocycles. The number of hydrogen-bond acceptors (Lipinski definition) is 3. The summed E-state index contributed by atoms with van der Waals surface area (Å²) in [7, 11) is 0. The zero-order chi connectivity index (χ0) is 18.0. The van der Waals surface area contributed by atoms with E-state index in [-0.39, 0.29) is 18.4 Å². The fourth-order valence-electron chi connectivity index (χ4n) is 2.69. The maximum Gasteiger partial charge on any atom is 0.338 e. The van der Waals surface area contributed by atoms with Crippen LogP contribution < -0.4 is 22.7 Å². The van der Waals surface area contributed by atoms with Crippen molar-refractivity contribution in [2.75, 3.05) is 11.9 Å². The lowest BCUT2D eigenvalue weighted by atomic mass is 10.1. The van der Waals surface area contributed by atoms with Crippen LogP contribution in [-0.4, -0.2) is 12.6 Å². The van der Waals surface area contributed by atoms with Crippen LogP contribution in [0.5, 0.6) is 0 Å². The first kappa shape index (κ1) is 20.0. The molecule has 1 aromatic heterocycles. The SMILES string of the molecule is CCOC(=O)c1ccc2[nH+]c(C)cc(Nc3ccc(C)c(Cl)c3)c2c1.[Cl-]. The van der Waals surface area contributed by atoms with Gasteiger partial charge in [0.25, 0.3) is 0 Å². The number of carbonyl (C=O) groups excluding carboxylic acids is 1. The zero-order valence-electron chi connectivity index (χ0n) is 14.8. The summed E-state index contributed by atoms with van der Waals surface area (Å²) in [6.07, 6.45) is 0. The van der Waals surface area contributed by atoms with E-state index in [1.54, 1.807) is 13.0 Å². The monoisotopic (exact) mass is 390 g/mol. The lowest BCUT2D eigenvalue weighted by Gasteiger charge is -2.10. The second-order valence-electron chi connectivity index (χ2n) is 5.94. The number of anilines is 2. The minimum Gasteiger partial charge on any atom is -1.00 e. The summed E-state index contributed by atoms with van der Waals surface area (Å²) in [5, 5.41) is 5.02. The van der Waals surface area contributed by atoms with Crippen LogP contribution in [0.2, 0.25) is 5.02 Å². The van der Waals surface area contributed by atoms with Gasteiger partial charge >= 0.3 is 5.97 Å². The Morgan fingerprint density at radius 3 is 2.62 bits per heavy atom. The van der Waals surface area contributed by atoms with Crippen molar-refractivity contribution in [3.8, 4) is 0 Å². The summed E-state index contributed by atoms with van der Waals surface area (Å²) < 4.78 is 5.10. The Bertz CT molecular complexity index is 958. The molecule has 136 valence electrons. The van der Waals surface area contributed by atoms with Gasteiger partial charge in [-0.1, -0.05) is 17.7 Å². The lowest BCUT2D eigenvalue weighted by molar-refractivity contribution is -0.354. The summed E-state index contributed by atoms with van der Waals surface area (Å²) in [5.41, 5.74) is 5.29. The van der Waals surface area contributed by atoms with Gasteiger partial charge in [-0.25, -0.2) is 9.78 Å². The number of nitrogens with one attached hydrogen (secondary N) is 2. The quantitative estimate of drug-likeness (QED) is 0.691. The number of halogens is 2. The number of aromatic amines is 1. The van der Waals surface area contributed by atoms with Crippen LogP contribution in [0.3, 0.4) is 0 Å². The zero-order valence-corrected chi connectivity index (χ0v) is 16.3. The molecule has 0 aliphatic heterocycles. The fourth-order valence-corrected chi connectivity index (χ4v) is 2.87. The first-order valence-corrected chi connectivity index (χ1v) is 8.52. The molecule has 0 atom stereocenters. The predicted octanol–water partition coefficient (Wildman–Crippen LogP) is 1.85. The van der Waals surface area contributed by atoms with Gasteiger partial charge in [0.15, 0.2) is 5.69 Å². The van der Waals surface area contributed by atoms with Crippen LogP contribution >= 0.6 is 11.6 Å². The number of pyridine rings is 1. The first-order chi connectivity index (χ1) is 12.0. The molecule has 6 heteroatoms. The van der Waals surface area contributed by atoms with Crippen LogP contribution in [-0.2, 0) is 4.74 Å². The van der Waals surface area contributed by atoms with Gasteiger partial charge in [0.2, 0.25) is 5.52 Å². The molecule has 0 saturated carbocycles. The highest BCUT2D eigenvalue weighted by Gasteiger charge is 2.14. The molecule has 0 spiro atoms. The smallest absolute Gasteiger partial charge is 0.338 e. The maximum atomic E-state index is 12.0. The van der Waals surface area contributed by atoms with Gasteiger partial charge in [0, 0.05) is 29.8 Å². The fraction of sp³-hybridized carbons (Fsp3) is 0.200. The topological polar surface area (TPSA) is 52.5 Å². The highest BCUT2D eigenvalue weighted by Crippen LogP contribution is 2.28. The van der Waals surface area contributed by atoms with Crippen molar-refractivity contribution in [1.82, 2.24) is 0 Å². The van der Waals surface area contributed by atoms with Crippen LogP contribution in [0.25, 0.3) is 10.9 Å². The van der Waals surface area contributed by atoms with E-state index < -0.39 is 0 Å². The van der Waals surface area contributed by atoms with Gasteiger partial charge in [0.05, 0.1) is 23.2 Å². The Kier molecular flexibility index (Phi) is 6.46. The Morgan fingerprint density at radius 1 is 1.15 bits per heavy atom. The van der Waals surface area contributed by atoms with E-state index in [1.165, 1.54) is 0 Å². The van der Waals surface area contributed by atoms with Crippen LogP contribution in [0.15, 0.2) is 42.5 Å². The van der Waals surface area contributed by atoms with Gasteiger partial charge in [-0.05, 0) is 43.7 Å². The van der Waals surface area contributed by atoms with E-state index in [4.69, 9.17) is 16.3 Å². The van der Waals surface area contributed by atoms with Crippen molar-refractivity contribution < 1.29 is 26.9 Å². The van der Waals surface area contributed by atoms with Crippen molar-refractivity contribution in [2.24, 2.45) is 0 Å². The van der Waals surface area contributed by atoms with Gasteiger partial charge in [-0.3, -0.25) is 0 Å². The van der Waals surface area contributed by atoms with Crippen molar-refractivity contribution in [2.45, 2.75) is 20.8 Å². The number of esters is 1. The highest BCUT2D eigenvalue weighted by molar-refractivity contribution is 6.31. The number of carbonyl (C=O) groups is 1. The summed E-state index contributed by atoms with van der Waals surface area (Å²) in [5.74, 6) is -0.325. The van der Waals surface area contributed by atoms with E-state index in [1.807, 2.05) is 50.2 Å². The standard InChI is InChI=1S/C20H19ClN2O2.ClH/c1-4-25-20(24)14-6-8-18-16(10-14)19(9-13(3)22-18)23-15-7-5-12(2)17(21)11-15;/h5-11H,4H2,1-3H3,(H,22,23);1H. The second kappa shape index (κ2) is 8.39. The molecule has 1 heterocycles. The molecule has 0 bridgehead atoms. The number of H-pyrrole nitrogens is 1. The number of aryl methyl sites for hydroxylation is 2. The number of aromatic nitrogens is 1. The number of rotatable bonds is 4. The summed E-state index contributed by atoms with van der Waals surface area (Å²) in [6, 6.07) is 13.3. The summed E-state index contributed by atoms with van der Waals surface area (Å²) >= 11 is 6.22. The average molecular weight is 391 g/mol. The van der Waals surface area contributed by atoms with Crippen molar-refractivity contribution in [3.63, 3.8) is 0 Å². The molecule has 3 aromatic rings. The molecule has 0 saturated heterocycles. The van der Waals surface area contributed by atoms with E-state index in [0.29, 0.717) is 17.2 Å². The number of hydrogen-bond donors (Lipinski definition) is 1. The van der Waals surface area contributed by atoms with Crippen LogP contribution in [0, 0.1) is 13.8 Å². The van der Waals surface area contributed by atoms with E-state index in [0.717, 1.165) is 33.5 Å². The average Bonchev–Trinajstić information content (AvgIpc) is 2.58. The van der Waals surface area contributed by atoms with Crippen LogP contribution in [0.4, 0.5) is 11.4 Å². The molecule has 2 N–H and O–H groups in total. The lowest BCUT2D eigenvalue weighted by Crippen LogP contribution is -3.00. The number of benzene rings is 2. The maximum absolute atomic E-state index is 12.0. The molecule has 0 amide bonds. The van der Waals surface area contributed by atoms with Gasteiger partial charge < -0.3 is 22.5 Å². The molecular formula is C20H20Cl2N2O2. The summed E-state index contributed by atoms with van der Waals surface area (Å²) in [4.78, 5) is 15.4. The van der Waals surface area contributed by atoms with Crippen LogP contribution in [0.1, 0.15) is 28.5 Å². The molecule has 0 radical (unpaired) electrons.